The van der Waals surface area contributed by atoms with E-state index in [-0.39, 0.29) is 19.1 Å². The molecule has 2 atom stereocenters. The van der Waals surface area contributed by atoms with Crippen molar-refractivity contribution < 1.29 is 24.2 Å². The topological polar surface area (TPSA) is 95.9 Å². The van der Waals surface area contributed by atoms with E-state index >= 15 is 0 Å². The third-order valence-corrected chi connectivity index (χ3v) is 3.90. The zero-order valence-corrected chi connectivity index (χ0v) is 15.8. The Labute approximate surface area is 154 Å². The first-order valence-corrected chi connectivity index (χ1v) is 8.76. The molecule has 2 N–H and O–H groups in total. The molecule has 0 aliphatic rings. The average molecular weight is 364 g/mol. The van der Waals surface area contributed by atoms with Crippen LogP contribution in [0.2, 0.25) is 0 Å². The molecular formula is C19H28N2O5. The fraction of sp³-hybridized carbons (Fsp3) is 0.526. The molecule has 2 amide bonds. The molecule has 7 nitrogen and oxygen atoms in total. The van der Waals surface area contributed by atoms with E-state index in [0.717, 1.165) is 5.56 Å². The minimum absolute atomic E-state index is 0.0934. The van der Waals surface area contributed by atoms with Gasteiger partial charge in [0, 0.05) is 6.54 Å². The van der Waals surface area contributed by atoms with Gasteiger partial charge in [0.15, 0.2) is 0 Å². The Hall–Kier alpha value is -2.57. The van der Waals surface area contributed by atoms with Gasteiger partial charge in [0.05, 0.1) is 0 Å². The maximum Gasteiger partial charge on any atom is 0.408 e. The lowest BCUT2D eigenvalue weighted by atomic mass is 10.0. The second-order valence-electron chi connectivity index (χ2n) is 6.54. The zero-order valence-electron chi connectivity index (χ0n) is 15.8. The summed E-state index contributed by atoms with van der Waals surface area (Å²) in [6.45, 7) is 7.37. The number of carboxylic acids is 1. The highest BCUT2D eigenvalue weighted by molar-refractivity contribution is 5.89. The number of benzene rings is 1. The number of amides is 2. The van der Waals surface area contributed by atoms with Crippen molar-refractivity contribution in [3.63, 3.8) is 0 Å². The largest absolute Gasteiger partial charge is 0.480 e. The van der Waals surface area contributed by atoms with Crippen LogP contribution in [0.1, 0.15) is 39.7 Å². The lowest BCUT2D eigenvalue weighted by molar-refractivity contribution is -0.151. The molecule has 0 unspecified atom stereocenters. The summed E-state index contributed by atoms with van der Waals surface area (Å²) in [4.78, 5) is 37.3. The van der Waals surface area contributed by atoms with Crippen molar-refractivity contribution in [2.24, 2.45) is 5.92 Å². The Bertz CT molecular complexity index is 603. The van der Waals surface area contributed by atoms with Crippen LogP contribution in [0, 0.1) is 5.92 Å². The number of nitrogens with zero attached hydrogens (tertiary/aromatic N) is 1. The molecule has 0 fully saturated rings. The molecule has 0 radical (unpaired) electrons. The van der Waals surface area contributed by atoms with Gasteiger partial charge < -0.3 is 20.1 Å². The average Bonchev–Trinajstić information content (AvgIpc) is 2.60. The van der Waals surface area contributed by atoms with Gasteiger partial charge in [0.1, 0.15) is 18.7 Å². The Morgan fingerprint density at radius 1 is 1.15 bits per heavy atom. The van der Waals surface area contributed by atoms with Crippen LogP contribution in [0.5, 0.6) is 0 Å². The summed E-state index contributed by atoms with van der Waals surface area (Å²) in [6.07, 6.45) is -0.374. The Morgan fingerprint density at radius 3 is 2.27 bits per heavy atom. The van der Waals surface area contributed by atoms with E-state index in [9.17, 15) is 19.5 Å². The van der Waals surface area contributed by atoms with Gasteiger partial charge in [0.2, 0.25) is 5.91 Å². The molecule has 0 saturated heterocycles. The standard InChI is InChI=1S/C19H28N2O5/c1-5-21(16(18(23)24)11-13(2)3)17(22)14(4)20-19(25)26-12-15-9-7-6-8-10-15/h6-10,13-14,16H,5,11-12H2,1-4H3,(H,20,25)(H,23,24)/t14-,16-/m0/s1. The number of carbonyl (C=O) groups excluding carboxylic acids is 2. The highest BCUT2D eigenvalue weighted by Gasteiger charge is 2.32. The molecule has 1 aromatic carbocycles. The van der Waals surface area contributed by atoms with Crippen molar-refractivity contribution in [3.8, 4) is 0 Å². The van der Waals surface area contributed by atoms with E-state index in [1.165, 1.54) is 11.8 Å². The van der Waals surface area contributed by atoms with Gasteiger partial charge in [-0.15, -0.1) is 0 Å². The maximum atomic E-state index is 12.6. The molecule has 26 heavy (non-hydrogen) atoms. The minimum atomic E-state index is -1.05. The molecule has 0 bridgehead atoms. The van der Waals surface area contributed by atoms with E-state index in [1.807, 2.05) is 44.2 Å². The summed E-state index contributed by atoms with van der Waals surface area (Å²) < 4.78 is 5.10. The molecule has 0 aliphatic carbocycles. The molecule has 0 aromatic heterocycles. The second kappa shape index (κ2) is 10.4. The fourth-order valence-electron chi connectivity index (χ4n) is 2.59. The SMILES string of the molecule is CCN(C(=O)[C@H](C)NC(=O)OCc1ccccc1)[C@@H](CC(C)C)C(=O)O. The Balaban J connectivity index is 2.64. The lowest BCUT2D eigenvalue weighted by Crippen LogP contribution is -2.53. The first kappa shape index (κ1) is 21.5. The number of hydrogen-bond donors (Lipinski definition) is 2. The minimum Gasteiger partial charge on any atom is -0.480 e. The second-order valence-corrected chi connectivity index (χ2v) is 6.54. The number of rotatable bonds is 9. The monoisotopic (exact) mass is 364 g/mol. The quantitative estimate of drug-likeness (QED) is 0.702. The van der Waals surface area contributed by atoms with E-state index < -0.39 is 30.1 Å². The molecule has 0 aliphatic heterocycles. The predicted molar refractivity (Wildman–Crippen MR) is 97.5 cm³/mol. The number of alkyl carbamates (subject to hydrolysis) is 1. The van der Waals surface area contributed by atoms with Crippen LogP contribution in [0.25, 0.3) is 0 Å². The van der Waals surface area contributed by atoms with Crippen LogP contribution in [0.3, 0.4) is 0 Å². The number of likely N-dealkylation sites (N-methyl/N-ethyl adjacent to an activating group) is 1. The van der Waals surface area contributed by atoms with E-state index in [2.05, 4.69) is 5.32 Å². The summed E-state index contributed by atoms with van der Waals surface area (Å²) in [6, 6.07) is 7.38. The van der Waals surface area contributed by atoms with E-state index in [1.54, 1.807) is 6.92 Å². The molecule has 1 rings (SSSR count). The van der Waals surface area contributed by atoms with Gasteiger partial charge in [-0.2, -0.15) is 0 Å². The zero-order chi connectivity index (χ0) is 19.7. The number of nitrogens with one attached hydrogen (secondary N) is 1. The van der Waals surface area contributed by atoms with Crippen LogP contribution >= 0.6 is 0 Å². The van der Waals surface area contributed by atoms with Gasteiger partial charge in [-0.25, -0.2) is 9.59 Å². The number of carboxylic acid groups (broad SMARTS) is 1. The van der Waals surface area contributed by atoms with Gasteiger partial charge in [0.25, 0.3) is 0 Å². The summed E-state index contributed by atoms with van der Waals surface area (Å²) in [5.74, 6) is -1.37. The normalized spacial score (nSPS) is 13.0. The van der Waals surface area contributed by atoms with Gasteiger partial charge in [-0.05, 0) is 31.7 Å². The van der Waals surface area contributed by atoms with Crippen molar-refractivity contribution in [1.82, 2.24) is 10.2 Å². The molecule has 7 heteroatoms. The molecular weight excluding hydrogens is 336 g/mol. The Morgan fingerprint density at radius 2 is 1.77 bits per heavy atom. The predicted octanol–water partition coefficient (Wildman–Crippen LogP) is 2.65. The van der Waals surface area contributed by atoms with Gasteiger partial charge in [-0.3, -0.25) is 4.79 Å². The van der Waals surface area contributed by atoms with Gasteiger partial charge in [-0.1, -0.05) is 44.2 Å². The lowest BCUT2D eigenvalue weighted by Gasteiger charge is -2.31. The maximum absolute atomic E-state index is 12.6. The number of ether oxygens (including phenoxy) is 1. The van der Waals surface area contributed by atoms with Crippen LogP contribution in [-0.4, -0.2) is 46.6 Å². The van der Waals surface area contributed by atoms with E-state index in [0.29, 0.717) is 6.42 Å². The van der Waals surface area contributed by atoms with Crippen LogP contribution in [0.4, 0.5) is 4.79 Å². The van der Waals surface area contributed by atoms with Crippen LogP contribution < -0.4 is 5.32 Å². The van der Waals surface area contributed by atoms with Crippen molar-refractivity contribution in [1.29, 1.82) is 0 Å². The first-order chi connectivity index (χ1) is 12.3. The third kappa shape index (κ3) is 6.74. The smallest absolute Gasteiger partial charge is 0.408 e. The Kier molecular flexibility index (Phi) is 8.61. The number of carbonyl (C=O) groups is 3. The van der Waals surface area contributed by atoms with Gasteiger partial charge >= 0.3 is 12.1 Å². The molecule has 0 spiro atoms. The summed E-state index contributed by atoms with van der Waals surface area (Å²) >= 11 is 0. The van der Waals surface area contributed by atoms with Crippen molar-refractivity contribution in [2.45, 2.75) is 52.8 Å². The first-order valence-electron chi connectivity index (χ1n) is 8.76. The third-order valence-electron chi connectivity index (χ3n) is 3.90. The number of hydrogen-bond acceptors (Lipinski definition) is 4. The molecule has 144 valence electrons. The number of aliphatic carboxylic acids is 1. The molecule has 0 heterocycles. The van der Waals surface area contributed by atoms with Crippen LogP contribution in [0.15, 0.2) is 30.3 Å². The van der Waals surface area contributed by atoms with Crippen molar-refractivity contribution >= 4 is 18.0 Å². The summed E-state index contributed by atoms with van der Waals surface area (Å²) in [5, 5.41) is 11.9. The van der Waals surface area contributed by atoms with Crippen molar-refractivity contribution in [2.75, 3.05) is 6.54 Å². The summed E-state index contributed by atoms with van der Waals surface area (Å²) in [7, 11) is 0. The van der Waals surface area contributed by atoms with Crippen LogP contribution in [-0.2, 0) is 20.9 Å². The van der Waals surface area contributed by atoms with E-state index in [4.69, 9.17) is 4.74 Å². The highest BCUT2D eigenvalue weighted by Crippen LogP contribution is 2.13. The fourth-order valence-corrected chi connectivity index (χ4v) is 2.59. The molecule has 0 saturated carbocycles. The highest BCUT2D eigenvalue weighted by atomic mass is 16.5. The van der Waals surface area contributed by atoms with Crippen molar-refractivity contribution in [3.05, 3.63) is 35.9 Å². The molecule has 1 aromatic rings. The summed E-state index contributed by atoms with van der Waals surface area (Å²) in [5.41, 5.74) is 0.833.